The van der Waals surface area contributed by atoms with Gasteiger partial charge in [-0.05, 0) is 56.9 Å². The molecule has 0 aliphatic heterocycles. The zero-order valence-electron chi connectivity index (χ0n) is 15.7. The maximum absolute atomic E-state index is 12.8. The molecular formula is C21H26ClNO3. The van der Waals surface area contributed by atoms with Crippen molar-refractivity contribution < 1.29 is 14.6 Å². The molecule has 2 rings (SSSR count). The lowest BCUT2D eigenvalue weighted by Gasteiger charge is -2.20. The summed E-state index contributed by atoms with van der Waals surface area (Å²) in [6.45, 7) is 7.80. The van der Waals surface area contributed by atoms with Crippen LogP contribution in [0.4, 0.5) is 5.69 Å². The third kappa shape index (κ3) is 5.15. The summed E-state index contributed by atoms with van der Waals surface area (Å²) < 4.78 is 6.01. The van der Waals surface area contributed by atoms with Gasteiger partial charge in [-0.3, -0.25) is 4.79 Å². The molecule has 2 aromatic carbocycles. The van der Waals surface area contributed by atoms with Crippen molar-refractivity contribution in [1.82, 2.24) is 0 Å². The summed E-state index contributed by atoms with van der Waals surface area (Å²) in [5, 5.41) is 13.0. The second kappa shape index (κ2) is 8.95. The van der Waals surface area contributed by atoms with Gasteiger partial charge >= 0.3 is 0 Å². The number of unbranched alkanes of at least 4 members (excludes halogenated alkanes) is 1. The Morgan fingerprint density at radius 1 is 1.19 bits per heavy atom. The molecule has 0 spiro atoms. The highest BCUT2D eigenvalue weighted by molar-refractivity contribution is 6.33. The fraction of sp³-hybridized carbons (Fsp3) is 0.381. The van der Waals surface area contributed by atoms with Crippen LogP contribution < -0.4 is 10.1 Å². The number of nitrogens with one attached hydrogen (secondary N) is 1. The highest BCUT2D eigenvalue weighted by Crippen LogP contribution is 2.30. The van der Waals surface area contributed by atoms with Gasteiger partial charge in [0.15, 0.2) is 6.10 Å². The number of benzene rings is 2. The van der Waals surface area contributed by atoms with Gasteiger partial charge in [-0.2, -0.15) is 0 Å². The van der Waals surface area contributed by atoms with Gasteiger partial charge in [0.05, 0.1) is 10.7 Å². The first-order valence-corrected chi connectivity index (χ1v) is 9.23. The van der Waals surface area contributed by atoms with Gasteiger partial charge in [0, 0.05) is 6.07 Å². The molecule has 1 unspecified atom stereocenters. The Bertz CT molecular complexity index is 789. The SMILES string of the molecule is CCCCC(Oc1ccc(C)cc1C)C(=O)Nc1cc(O)c(C)cc1Cl. The second-order valence-electron chi connectivity index (χ2n) is 6.63. The fourth-order valence-electron chi connectivity index (χ4n) is 2.69. The number of halogens is 1. The van der Waals surface area contributed by atoms with E-state index in [1.165, 1.54) is 6.07 Å². The number of hydrogen-bond donors (Lipinski definition) is 2. The first-order valence-electron chi connectivity index (χ1n) is 8.85. The smallest absolute Gasteiger partial charge is 0.265 e. The number of amides is 1. The Morgan fingerprint density at radius 2 is 1.92 bits per heavy atom. The molecule has 0 bridgehead atoms. The molecule has 2 N–H and O–H groups in total. The number of phenolic OH excluding ortho intramolecular Hbond substituents is 1. The van der Waals surface area contributed by atoms with E-state index in [4.69, 9.17) is 16.3 Å². The van der Waals surface area contributed by atoms with Crippen molar-refractivity contribution >= 4 is 23.2 Å². The van der Waals surface area contributed by atoms with Crippen LogP contribution in [0.5, 0.6) is 11.5 Å². The van der Waals surface area contributed by atoms with Crippen molar-refractivity contribution in [2.24, 2.45) is 0 Å². The number of carbonyl (C=O) groups is 1. The number of anilines is 1. The van der Waals surface area contributed by atoms with Crippen LogP contribution in [-0.2, 0) is 4.79 Å². The number of phenols is 1. The summed E-state index contributed by atoms with van der Waals surface area (Å²) >= 11 is 6.19. The molecule has 0 aromatic heterocycles. The van der Waals surface area contributed by atoms with Crippen LogP contribution >= 0.6 is 11.6 Å². The molecule has 26 heavy (non-hydrogen) atoms. The standard InChI is InChI=1S/C21H26ClNO3/c1-5-6-7-20(26-19-9-8-13(2)10-15(19)4)21(25)23-17-12-18(24)14(3)11-16(17)22/h8-12,20,24H,5-7H2,1-4H3,(H,23,25). The minimum atomic E-state index is -0.629. The second-order valence-corrected chi connectivity index (χ2v) is 7.03. The molecule has 0 aliphatic carbocycles. The van der Waals surface area contributed by atoms with Crippen LogP contribution in [0, 0.1) is 20.8 Å². The van der Waals surface area contributed by atoms with Crippen LogP contribution in [0.2, 0.25) is 5.02 Å². The minimum Gasteiger partial charge on any atom is -0.508 e. The third-order valence-electron chi connectivity index (χ3n) is 4.26. The largest absolute Gasteiger partial charge is 0.508 e. The molecule has 0 fully saturated rings. The molecule has 0 aliphatic rings. The Morgan fingerprint density at radius 3 is 2.58 bits per heavy atom. The number of aromatic hydroxyl groups is 1. The molecule has 4 nitrogen and oxygen atoms in total. The van der Waals surface area contributed by atoms with E-state index in [0.29, 0.717) is 28.4 Å². The lowest BCUT2D eigenvalue weighted by Crippen LogP contribution is -2.33. The van der Waals surface area contributed by atoms with Crippen molar-refractivity contribution in [3.8, 4) is 11.5 Å². The summed E-state index contributed by atoms with van der Waals surface area (Å²) in [6.07, 6.45) is 1.81. The van der Waals surface area contributed by atoms with Crippen LogP contribution in [0.1, 0.15) is 42.9 Å². The molecule has 1 amide bonds. The Hall–Kier alpha value is -2.20. The monoisotopic (exact) mass is 375 g/mol. The third-order valence-corrected chi connectivity index (χ3v) is 4.57. The first kappa shape index (κ1) is 20.1. The average molecular weight is 376 g/mol. The maximum atomic E-state index is 12.8. The Balaban J connectivity index is 2.20. The van der Waals surface area contributed by atoms with Gasteiger partial charge in [-0.25, -0.2) is 0 Å². The summed E-state index contributed by atoms with van der Waals surface area (Å²) in [5.74, 6) is 0.512. The molecular weight excluding hydrogens is 350 g/mol. The molecule has 2 aromatic rings. The van der Waals surface area contributed by atoms with Crippen molar-refractivity contribution in [2.45, 2.75) is 53.1 Å². The van der Waals surface area contributed by atoms with Gasteiger partial charge in [-0.15, -0.1) is 0 Å². The van der Waals surface area contributed by atoms with Crippen molar-refractivity contribution in [1.29, 1.82) is 0 Å². The number of carbonyl (C=O) groups excluding carboxylic acids is 1. The molecule has 0 saturated heterocycles. The minimum absolute atomic E-state index is 0.0881. The van der Waals surface area contributed by atoms with E-state index < -0.39 is 6.10 Å². The van der Waals surface area contributed by atoms with Crippen LogP contribution in [-0.4, -0.2) is 17.1 Å². The fourth-order valence-corrected chi connectivity index (χ4v) is 2.95. The molecule has 5 heteroatoms. The predicted octanol–water partition coefficient (Wildman–Crippen LogP) is 5.55. The van der Waals surface area contributed by atoms with E-state index in [-0.39, 0.29) is 11.7 Å². The van der Waals surface area contributed by atoms with Crippen molar-refractivity contribution in [3.63, 3.8) is 0 Å². The molecule has 0 saturated carbocycles. The zero-order chi connectivity index (χ0) is 19.3. The van der Waals surface area contributed by atoms with Crippen molar-refractivity contribution in [2.75, 3.05) is 5.32 Å². The van der Waals surface area contributed by atoms with Crippen molar-refractivity contribution in [3.05, 3.63) is 52.0 Å². The number of aryl methyl sites for hydroxylation is 3. The van der Waals surface area contributed by atoms with E-state index in [1.54, 1.807) is 13.0 Å². The highest BCUT2D eigenvalue weighted by atomic mass is 35.5. The molecule has 0 radical (unpaired) electrons. The lowest BCUT2D eigenvalue weighted by atomic mass is 10.1. The quantitative estimate of drug-likeness (QED) is 0.667. The van der Waals surface area contributed by atoms with E-state index in [9.17, 15) is 9.90 Å². The average Bonchev–Trinajstić information content (AvgIpc) is 2.58. The van der Waals surface area contributed by atoms with Gasteiger partial charge in [0.2, 0.25) is 0 Å². The lowest BCUT2D eigenvalue weighted by molar-refractivity contribution is -0.123. The number of rotatable bonds is 7. The van der Waals surface area contributed by atoms with Gasteiger partial charge in [0.25, 0.3) is 5.91 Å². The maximum Gasteiger partial charge on any atom is 0.265 e. The van der Waals surface area contributed by atoms with E-state index in [1.807, 2.05) is 32.0 Å². The number of hydrogen-bond acceptors (Lipinski definition) is 3. The Labute approximate surface area is 160 Å². The van der Waals surface area contributed by atoms with Gasteiger partial charge in [-0.1, -0.05) is 42.6 Å². The molecule has 1 atom stereocenters. The van der Waals surface area contributed by atoms with Crippen LogP contribution in [0.25, 0.3) is 0 Å². The zero-order valence-corrected chi connectivity index (χ0v) is 16.5. The summed E-state index contributed by atoms with van der Waals surface area (Å²) in [7, 11) is 0. The summed E-state index contributed by atoms with van der Waals surface area (Å²) in [5.41, 5.74) is 3.17. The van der Waals surface area contributed by atoms with Gasteiger partial charge < -0.3 is 15.2 Å². The van der Waals surface area contributed by atoms with E-state index in [0.717, 1.165) is 24.0 Å². The summed E-state index contributed by atoms with van der Waals surface area (Å²) in [6, 6.07) is 8.97. The van der Waals surface area contributed by atoms with Crippen LogP contribution in [0.15, 0.2) is 30.3 Å². The Kier molecular flexibility index (Phi) is 6.92. The molecule has 0 heterocycles. The van der Waals surface area contributed by atoms with Crippen LogP contribution in [0.3, 0.4) is 0 Å². The normalized spacial score (nSPS) is 11.9. The summed E-state index contributed by atoms with van der Waals surface area (Å²) in [4.78, 5) is 12.8. The molecule has 140 valence electrons. The highest BCUT2D eigenvalue weighted by Gasteiger charge is 2.22. The van der Waals surface area contributed by atoms with E-state index in [2.05, 4.69) is 12.2 Å². The number of ether oxygens (including phenoxy) is 1. The topological polar surface area (TPSA) is 58.6 Å². The predicted molar refractivity (Wildman–Crippen MR) is 106 cm³/mol. The van der Waals surface area contributed by atoms with Gasteiger partial charge in [0.1, 0.15) is 11.5 Å². The first-order chi connectivity index (χ1) is 12.3. The van der Waals surface area contributed by atoms with E-state index >= 15 is 0 Å².